The molecule has 0 aromatic carbocycles. The van der Waals surface area contributed by atoms with Crippen molar-refractivity contribution in [2.45, 2.75) is 31.7 Å². The predicted octanol–water partition coefficient (Wildman–Crippen LogP) is 1.18. The van der Waals surface area contributed by atoms with E-state index in [1.54, 1.807) is 12.1 Å². The summed E-state index contributed by atoms with van der Waals surface area (Å²) < 4.78 is 0. The first kappa shape index (κ1) is 19.0. The van der Waals surface area contributed by atoms with Crippen molar-refractivity contribution in [1.29, 1.82) is 0 Å². The van der Waals surface area contributed by atoms with Crippen molar-refractivity contribution in [2.75, 3.05) is 18.9 Å². The highest BCUT2D eigenvalue weighted by atomic mass is 35.5. The molecule has 9 heteroatoms. The molecule has 1 heterocycles. The molecule has 136 valence electrons. The zero-order valence-corrected chi connectivity index (χ0v) is 14.9. The minimum Gasteiger partial charge on any atom is -0.388 e. The summed E-state index contributed by atoms with van der Waals surface area (Å²) in [5.41, 5.74) is 5.27. The number of anilines is 1. The Bertz CT molecular complexity index is 614. The molecule has 1 saturated carbocycles. The van der Waals surface area contributed by atoms with Crippen molar-refractivity contribution in [1.82, 2.24) is 15.3 Å². The fourth-order valence-electron chi connectivity index (χ4n) is 2.90. The second-order valence-corrected chi connectivity index (χ2v) is 6.55. The van der Waals surface area contributed by atoms with Crippen LogP contribution in [-0.2, 0) is 9.59 Å². The van der Waals surface area contributed by atoms with Crippen LogP contribution >= 0.6 is 11.6 Å². The maximum Gasteiger partial charge on any atom is 0.314 e. The summed E-state index contributed by atoms with van der Waals surface area (Å²) in [6.45, 7) is 0.830. The summed E-state index contributed by atoms with van der Waals surface area (Å²) in [5.74, 6) is -0.579. The van der Waals surface area contributed by atoms with Crippen LogP contribution in [0.4, 0.5) is 5.82 Å². The Morgan fingerprint density at radius 1 is 1.36 bits per heavy atom. The van der Waals surface area contributed by atoms with Crippen LogP contribution in [0.25, 0.3) is 0 Å². The molecule has 1 fully saturated rings. The van der Waals surface area contributed by atoms with Crippen molar-refractivity contribution < 1.29 is 9.59 Å². The molecule has 0 unspecified atom stereocenters. The first-order chi connectivity index (χ1) is 12.0. The first-order valence-electron chi connectivity index (χ1n) is 8.16. The Balaban J connectivity index is 1.74. The minimum atomic E-state index is -0.728. The lowest BCUT2D eigenvalue weighted by Crippen LogP contribution is -2.44. The van der Waals surface area contributed by atoms with E-state index in [4.69, 9.17) is 17.3 Å². The SMILES string of the molecule is CN(CC1CCC(NC(=O)C(=O)Nc2ccc(Cl)cn2)CC1)/N=C\N. The lowest BCUT2D eigenvalue weighted by atomic mass is 9.86. The number of nitrogens with zero attached hydrogens (tertiary/aromatic N) is 3. The Morgan fingerprint density at radius 2 is 2.08 bits per heavy atom. The molecule has 1 aliphatic rings. The third kappa shape index (κ3) is 6.22. The molecule has 0 aliphatic heterocycles. The van der Waals surface area contributed by atoms with E-state index in [2.05, 4.69) is 20.7 Å². The fourth-order valence-corrected chi connectivity index (χ4v) is 3.01. The number of rotatable bonds is 5. The van der Waals surface area contributed by atoms with Crippen LogP contribution in [0.15, 0.2) is 23.4 Å². The summed E-state index contributed by atoms with van der Waals surface area (Å²) in [6, 6.07) is 3.14. The summed E-state index contributed by atoms with van der Waals surface area (Å²) in [5, 5.41) is 11.5. The number of pyridine rings is 1. The minimum absolute atomic E-state index is 0.0102. The average molecular weight is 367 g/mol. The topological polar surface area (TPSA) is 113 Å². The number of nitrogens with one attached hydrogen (secondary N) is 2. The van der Waals surface area contributed by atoms with E-state index in [9.17, 15) is 9.59 Å². The highest BCUT2D eigenvalue weighted by molar-refractivity contribution is 6.39. The van der Waals surface area contributed by atoms with Crippen LogP contribution in [0.5, 0.6) is 0 Å². The van der Waals surface area contributed by atoms with Gasteiger partial charge < -0.3 is 16.4 Å². The zero-order chi connectivity index (χ0) is 18.2. The molecule has 1 aliphatic carbocycles. The van der Waals surface area contributed by atoms with Gasteiger partial charge in [-0.2, -0.15) is 5.10 Å². The molecule has 1 aromatic heterocycles. The number of amides is 2. The quantitative estimate of drug-likeness (QED) is 0.313. The smallest absolute Gasteiger partial charge is 0.314 e. The summed E-state index contributed by atoms with van der Waals surface area (Å²) >= 11 is 5.73. The lowest BCUT2D eigenvalue weighted by molar-refractivity contribution is -0.136. The van der Waals surface area contributed by atoms with Crippen LogP contribution in [-0.4, -0.2) is 47.8 Å². The normalized spacial score (nSPS) is 20.2. The Kier molecular flexibility index (Phi) is 7.00. The number of hydrazone groups is 1. The third-order valence-electron chi connectivity index (χ3n) is 4.14. The molecule has 0 spiro atoms. The van der Waals surface area contributed by atoms with Crippen LogP contribution in [0.3, 0.4) is 0 Å². The standard InChI is InChI=1S/C16H23ClN6O2/c1-23(20-10-18)9-11-2-5-13(6-3-11)21-15(24)16(25)22-14-7-4-12(17)8-19-14/h4,7-8,10-11,13H,2-3,5-6,9H2,1H3,(H2,18,20)(H,21,24)(H,19,22,25). The van der Waals surface area contributed by atoms with Gasteiger partial charge in [-0.25, -0.2) is 4.98 Å². The van der Waals surface area contributed by atoms with Gasteiger partial charge in [0, 0.05) is 25.8 Å². The highest BCUT2D eigenvalue weighted by Gasteiger charge is 2.25. The number of carbonyl (C=O) groups excluding carboxylic acids is 2. The molecule has 2 amide bonds. The number of aromatic nitrogens is 1. The highest BCUT2D eigenvalue weighted by Crippen LogP contribution is 2.25. The Hall–Kier alpha value is -2.35. The largest absolute Gasteiger partial charge is 0.388 e. The number of hydrogen-bond donors (Lipinski definition) is 3. The van der Waals surface area contributed by atoms with E-state index in [0.29, 0.717) is 10.9 Å². The Labute approximate surface area is 151 Å². The third-order valence-corrected chi connectivity index (χ3v) is 4.37. The predicted molar refractivity (Wildman–Crippen MR) is 97.1 cm³/mol. The van der Waals surface area contributed by atoms with Crippen LogP contribution in [0, 0.1) is 5.92 Å². The molecule has 25 heavy (non-hydrogen) atoms. The van der Waals surface area contributed by atoms with Crippen molar-refractivity contribution >= 4 is 35.6 Å². The second kappa shape index (κ2) is 9.22. The molecular weight excluding hydrogens is 344 g/mol. The van der Waals surface area contributed by atoms with Gasteiger partial charge in [0.2, 0.25) is 0 Å². The molecule has 0 bridgehead atoms. The molecule has 8 nitrogen and oxygen atoms in total. The van der Waals surface area contributed by atoms with Crippen molar-refractivity contribution in [3.63, 3.8) is 0 Å². The lowest BCUT2D eigenvalue weighted by Gasteiger charge is -2.30. The molecular formula is C16H23ClN6O2. The fraction of sp³-hybridized carbons (Fsp3) is 0.500. The van der Waals surface area contributed by atoms with Crippen LogP contribution in [0.2, 0.25) is 5.02 Å². The van der Waals surface area contributed by atoms with Gasteiger partial charge in [0.25, 0.3) is 0 Å². The van der Waals surface area contributed by atoms with Gasteiger partial charge in [0.05, 0.1) is 5.02 Å². The summed E-state index contributed by atoms with van der Waals surface area (Å²) in [6.07, 6.45) is 6.29. The van der Waals surface area contributed by atoms with Crippen molar-refractivity contribution in [3.8, 4) is 0 Å². The molecule has 0 atom stereocenters. The zero-order valence-electron chi connectivity index (χ0n) is 14.1. The molecule has 4 N–H and O–H groups in total. The summed E-state index contributed by atoms with van der Waals surface area (Å²) in [4.78, 5) is 27.9. The van der Waals surface area contributed by atoms with Gasteiger partial charge in [0.15, 0.2) is 0 Å². The van der Waals surface area contributed by atoms with E-state index in [0.717, 1.165) is 32.2 Å². The van der Waals surface area contributed by atoms with Crippen molar-refractivity contribution in [3.05, 3.63) is 23.4 Å². The van der Waals surface area contributed by atoms with E-state index in [-0.39, 0.29) is 11.9 Å². The molecule has 0 saturated heterocycles. The first-order valence-corrected chi connectivity index (χ1v) is 8.54. The van der Waals surface area contributed by atoms with Crippen molar-refractivity contribution in [2.24, 2.45) is 16.8 Å². The van der Waals surface area contributed by atoms with Gasteiger partial charge in [-0.05, 0) is 43.7 Å². The number of nitrogens with two attached hydrogens (primary N) is 1. The maximum atomic E-state index is 12.0. The van der Waals surface area contributed by atoms with Gasteiger partial charge in [-0.15, -0.1) is 0 Å². The Morgan fingerprint density at radius 3 is 2.68 bits per heavy atom. The van der Waals surface area contributed by atoms with Gasteiger partial charge in [-0.1, -0.05) is 11.6 Å². The number of carbonyl (C=O) groups is 2. The number of hydrogen-bond acceptors (Lipinski definition) is 5. The van der Waals surface area contributed by atoms with E-state index < -0.39 is 11.8 Å². The second-order valence-electron chi connectivity index (χ2n) is 6.11. The average Bonchev–Trinajstić information content (AvgIpc) is 2.59. The van der Waals surface area contributed by atoms with Crippen LogP contribution < -0.4 is 16.4 Å². The van der Waals surface area contributed by atoms with Gasteiger partial charge in [0.1, 0.15) is 12.2 Å². The summed E-state index contributed by atoms with van der Waals surface area (Å²) in [7, 11) is 1.88. The molecule has 2 rings (SSSR count). The monoisotopic (exact) mass is 366 g/mol. The molecule has 0 radical (unpaired) electrons. The van der Waals surface area contributed by atoms with Crippen LogP contribution in [0.1, 0.15) is 25.7 Å². The maximum absolute atomic E-state index is 12.0. The van der Waals surface area contributed by atoms with E-state index >= 15 is 0 Å². The molecule has 1 aromatic rings. The van der Waals surface area contributed by atoms with E-state index in [1.807, 2.05) is 12.1 Å². The van der Waals surface area contributed by atoms with Gasteiger partial charge in [-0.3, -0.25) is 14.6 Å². The number of halogens is 1. The van der Waals surface area contributed by atoms with Gasteiger partial charge >= 0.3 is 11.8 Å². The van der Waals surface area contributed by atoms with E-state index in [1.165, 1.54) is 12.5 Å².